The van der Waals surface area contributed by atoms with E-state index < -0.39 is 0 Å². The molecule has 0 unspecified atom stereocenters. The van der Waals surface area contributed by atoms with Gasteiger partial charge < -0.3 is 20.1 Å². The van der Waals surface area contributed by atoms with Gasteiger partial charge in [0.2, 0.25) is 0 Å². The van der Waals surface area contributed by atoms with Crippen molar-refractivity contribution in [2.75, 3.05) is 20.2 Å². The SMILES string of the molecule is CCC(=O)c1n[nH]c2cc(O)c(C(=O)N3Cc4ccc(OCCNC)cc4C3)cc12. The number of nitrogens with zero attached hydrogens (tertiary/aromatic N) is 2. The molecule has 0 radical (unpaired) electrons. The first-order chi connectivity index (χ1) is 14.5. The number of H-pyrrole nitrogens is 1. The van der Waals surface area contributed by atoms with Gasteiger partial charge in [-0.25, -0.2) is 0 Å². The largest absolute Gasteiger partial charge is 0.507 e. The fourth-order valence-electron chi connectivity index (χ4n) is 3.65. The summed E-state index contributed by atoms with van der Waals surface area (Å²) in [5.74, 6) is 0.214. The van der Waals surface area contributed by atoms with Gasteiger partial charge in [-0.05, 0) is 36.4 Å². The Bertz CT molecular complexity index is 1120. The summed E-state index contributed by atoms with van der Waals surface area (Å²) in [5.41, 5.74) is 3.04. The minimum absolute atomic E-state index is 0.121. The van der Waals surface area contributed by atoms with Crippen LogP contribution in [0.3, 0.4) is 0 Å². The Morgan fingerprint density at radius 3 is 2.80 bits per heavy atom. The number of aromatic hydroxyl groups is 1. The van der Waals surface area contributed by atoms with Gasteiger partial charge in [0.25, 0.3) is 5.91 Å². The number of ketones is 1. The van der Waals surface area contributed by atoms with Gasteiger partial charge in [-0.15, -0.1) is 0 Å². The minimum atomic E-state index is -0.292. The van der Waals surface area contributed by atoms with Crippen LogP contribution in [-0.4, -0.2) is 52.1 Å². The molecule has 0 saturated carbocycles. The van der Waals surface area contributed by atoms with Crippen LogP contribution in [0.4, 0.5) is 0 Å². The van der Waals surface area contributed by atoms with Gasteiger partial charge in [0.15, 0.2) is 5.78 Å². The van der Waals surface area contributed by atoms with Crippen molar-refractivity contribution in [2.45, 2.75) is 26.4 Å². The Morgan fingerprint density at radius 2 is 2.03 bits per heavy atom. The molecule has 3 N–H and O–H groups in total. The van der Waals surface area contributed by atoms with E-state index in [1.165, 1.54) is 6.07 Å². The van der Waals surface area contributed by atoms with Crippen molar-refractivity contribution in [1.82, 2.24) is 20.4 Å². The van der Waals surface area contributed by atoms with Gasteiger partial charge in [-0.3, -0.25) is 14.7 Å². The van der Waals surface area contributed by atoms with E-state index >= 15 is 0 Å². The molecule has 1 aliphatic heterocycles. The number of fused-ring (bicyclic) bond motifs is 2. The lowest BCUT2D eigenvalue weighted by molar-refractivity contribution is 0.0748. The molecule has 0 bridgehead atoms. The van der Waals surface area contributed by atoms with Crippen LogP contribution >= 0.6 is 0 Å². The number of phenolic OH excluding ortho intramolecular Hbond substituents is 1. The molecule has 1 aliphatic rings. The fourth-order valence-corrected chi connectivity index (χ4v) is 3.65. The lowest BCUT2D eigenvalue weighted by atomic mass is 10.1. The number of phenols is 1. The monoisotopic (exact) mass is 408 g/mol. The molecule has 3 aromatic rings. The zero-order valence-corrected chi connectivity index (χ0v) is 17.0. The summed E-state index contributed by atoms with van der Waals surface area (Å²) in [6.45, 7) is 3.96. The summed E-state index contributed by atoms with van der Waals surface area (Å²) in [4.78, 5) is 27.0. The van der Waals surface area contributed by atoms with Crippen LogP contribution in [0.2, 0.25) is 0 Å². The van der Waals surface area contributed by atoms with Crippen molar-refractivity contribution in [1.29, 1.82) is 0 Å². The molecule has 156 valence electrons. The molecule has 1 aromatic heterocycles. The average Bonchev–Trinajstić information content (AvgIpc) is 3.35. The maximum absolute atomic E-state index is 13.2. The van der Waals surface area contributed by atoms with Crippen LogP contribution in [0.5, 0.6) is 11.5 Å². The normalized spacial score (nSPS) is 12.9. The highest BCUT2D eigenvalue weighted by molar-refractivity contribution is 6.09. The molecule has 30 heavy (non-hydrogen) atoms. The molecular formula is C22H24N4O4. The lowest BCUT2D eigenvalue weighted by Crippen LogP contribution is -2.25. The molecule has 0 saturated heterocycles. The topological polar surface area (TPSA) is 108 Å². The zero-order chi connectivity index (χ0) is 21.3. The van der Waals surface area contributed by atoms with Gasteiger partial charge in [-0.2, -0.15) is 5.10 Å². The summed E-state index contributed by atoms with van der Waals surface area (Å²) in [6, 6.07) is 8.82. The number of rotatable bonds is 7. The fraction of sp³-hybridized carbons (Fsp3) is 0.318. The highest BCUT2D eigenvalue weighted by Crippen LogP contribution is 2.32. The number of nitrogens with one attached hydrogen (secondary N) is 2. The van der Waals surface area contributed by atoms with Crippen LogP contribution < -0.4 is 10.1 Å². The highest BCUT2D eigenvalue weighted by Gasteiger charge is 2.27. The third-order valence-electron chi connectivity index (χ3n) is 5.30. The van der Waals surface area contributed by atoms with Crippen LogP contribution in [0.15, 0.2) is 30.3 Å². The molecule has 8 heteroatoms. The molecule has 0 atom stereocenters. The summed E-state index contributed by atoms with van der Waals surface area (Å²) in [6.07, 6.45) is 0.310. The number of aromatic amines is 1. The van der Waals surface area contributed by atoms with Gasteiger partial charge in [0.05, 0.1) is 11.1 Å². The number of carbonyl (C=O) groups is 2. The second kappa shape index (κ2) is 8.16. The Morgan fingerprint density at radius 1 is 1.23 bits per heavy atom. The first-order valence-electron chi connectivity index (χ1n) is 9.94. The van der Waals surface area contributed by atoms with Crippen molar-refractivity contribution in [2.24, 2.45) is 0 Å². The molecule has 2 aromatic carbocycles. The van der Waals surface area contributed by atoms with Crippen molar-refractivity contribution >= 4 is 22.6 Å². The van der Waals surface area contributed by atoms with Gasteiger partial charge in [-0.1, -0.05) is 13.0 Å². The summed E-state index contributed by atoms with van der Waals surface area (Å²) >= 11 is 0. The van der Waals surface area contributed by atoms with E-state index in [2.05, 4.69) is 15.5 Å². The van der Waals surface area contributed by atoms with E-state index in [0.29, 0.717) is 37.0 Å². The Balaban J connectivity index is 1.58. The molecule has 8 nitrogen and oxygen atoms in total. The lowest BCUT2D eigenvalue weighted by Gasteiger charge is -2.16. The van der Waals surface area contributed by atoms with Crippen LogP contribution in [0, 0.1) is 0 Å². The van der Waals surface area contributed by atoms with Gasteiger partial charge in [0, 0.05) is 37.5 Å². The number of aromatic nitrogens is 2. The smallest absolute Gasteiger partial charge is 0.258 e. The van der Waals surface area contributed by atoms with Crippen LogP contribution in [-0.2, 0) is 13.1 Å². The highest BCUT2D eigenvalue weighted by atomic mass is 16.5. The maximum Gasteiger partial charge on any atom is 0.258 e. The second-order valence-corrected chi connectivity index (χ2v) is 7.31. The van der Waals surface area contributed by atoms with Crippen LogP contribution in [0.25, 0.3) is 10.9 Å². The predicted octanol–water partition coefficient (Wildman–Crippen LogP) is 2.62. The van der Waals surface area contributed by atoms with Gasteiger partial charge in [0.1, 0.15) is 23.8 Å². The van der Waals surface area contributed by atoms with Crippen molar-refractivity contribution < 1.29 is 19.4 Å². The third kappa shape index (κ3) is 3.61. The molecule has 1 amide bonds. The molecule has 4 rings (SSSR count). The van der Waals surface area contributed by atoms with E-state index in [4.69, 9.17) is 4.74 Å². The van der Waals surface area contributed by atoms with E-state index in [0.717, 1.165) is 23.4 Å². The number of amides is 1. The predicted molar refractivity (Wildman–Crippen MR) is 112 cm³/mol. The number of benzene rings is 2. The number of hydrogen-bond donors (Lipinski definition) is 3. The minimum Gasteiger partial charge on any atom is -0.507 e. The molecule has 2 heterocycles. The standard InChI is InChI=1S/C22H24N4O4/c1-3-19(27)21-16-9-17(20(28)10-18(16)24-25-21)22(29)26-11-13-4-5-15(8-14(13)12-26)30-7-6-23-2/h4-5,8-10,23,28H,3,6-7,11-12H2,1-2H3,(H,24,25). The van der Waals surface area contributed by atoms with Crippen molar-refractivity contribution in [3.63, 3.8) is 0 Å². The van der Waals surface area contributed by atoms with Crippen LogP contribution in [0.1, 0.15) is 45.3 Å². The number of hydrogen-bond acceptors (Lipinski definition) is 6. The molecular weight excluding hydrogens is 384 g/mol. The van der Waals surface area contributed by atoms with E-state index in [1.54, 1.807) is 17.9 Å². The van der Waals surface area contributed by atoms with Crippen molar-refractivity contribution in [3.05, 3.63) is 52.7 Å². The Labute approximate surface area is 173 Å². The number of likely N-dealkylation sites (N-methyl/N-ethyl adjacent to an activating group) is 1. The first kappa shape index (κ1) is 19.9. The molecule has 0 fully saturated rings. The summed E-state index contributed by atoms with van der Waals surface area (Å²) < 4.78 is 5.71. The average molecular weight is 408 g/mol. The summed E-state index contributed by atoms with van der Waals surface area (Å²) in [7, 11) is 1.87. The van der Waals surface area contributed by atoms with Crippen molar-refractivity contribution in [3.8, 4) is 11.5 Å². The zero-order valence-electron chi connectivity index (χ0n) is 17.0. The molecule has 0 spiro atoms. The third-order valence-corrected chi connectivity index (χ3v) is 5.30. The number of ether oxygens (including phenoxy) is 1. The first-order valence-corrected chi connectivity index (χ1v) is 9.94. The van der Waals surface area contributed by atoms with E-state index in [-0.39, 0.29) is 28.7 Å². The Hall–Kier alpha value is -3.39. The number of carbonyl (C=O) groups excluding carboxylic acids is 2. The van der Waals surface area contributed by atoms with Gasteiger partial charge >= 0.3 is 0 Å². The quantitative estimate of drug-likeness (QED) is 0.410. The number of Topliss-reactive ketones (excluding diaryl/α,β-unsaturated/α-hetero) is 1. The molecule has 0 aliphatic carbocycles. The summed E-state index contributed by atoms with van der Waals surface area (Å²) in [5, 5.41) is 20.8. The van der Waals surface area contributed by atoms with E-state index in [9.17, 15) is 14.7 Å². The van der Waals surface area contributed by atoms with E-state index in [1.807, 2.05) is 25.2 Å². The second-order valence-electron chi connectivity index (χ2n) is 7.31. The Kier molecular flexibility index (Phi) is 5.41. The maximum atomic E-state index is 13.2.